The molecule has 0 aliphatic rings. The summed E-state index contributed by atoms with van der Waals surface area (Å²) in [6.45, 7) is 3.83. The summed E-state index contributed by atoms with van der Waals surface area (Å²) in [5.74, 6) is -0.363. The number of ether oxygens (including phenoxy) is 1. The van der Waals surface area contributed by atoms with Gasteiger partial charge in [-0.1, -0.05) is 0 Å². The number of aromatic hydroxyl groups is 1. The van der Waals surface area contributed by atoms with Crippen LogP contribution in [0.1, 0.15) is 27.0 Å². The van der Waals surface area contributed by atoms with E-state index in [1.807, 2.05) is 6.92 Å². The number of halogens is 1. The van der Waals surface area contributed by atoms with Crippen LogP contribution >= 0.6 is 12.4 Å². The number of hydrogen-bond donors (Lipinski definition) is 2. The van der Waals surface area contributed by atoms with Gasteiger partial charge in [-0.3, -0.25) is 0 Å². The van der Waals surface area contributed by atoms with E-state index in [0.717, 1.165) is 16.6 Å². The van der Waals surface area contributed by atoms with Gasteiger partial charge in [0, 0.05) is 23.2 Å². The number of carbonyl (C=O) groups is 1. The lowest BCUT2D eigenvalue weighted by Crippen LogP contribution is -2.08. The summed E-state index contributed by atoms with van der Waals surface area (Å²) in [6, 6.07) is 10.1. The van der Waals surface area contributed by atoms with E-state index in [9.17, 15) is 14.7 Å². The topological polar surface area (TPSA) is 88.8 Å². The number of phenols is 1. The minimum atomic E-state index is -0.413. The minimum Gasteiger partial charge on any atom is -0.507 e. The van der Waals surface area contributed by atoms with Crippen LogP contribution in [0.3, 0.4) is 0 Å². The number of aryl methyl sites for hydroxylation is 1. The van der Waals surface area contributed by atoms with Crippen LogP contribution in [0.25, 0.3) is 11.0 Å². The molecule has 3 aromatic rings. The number of anilines is 1. The molecule has 27 heavy (non-hydrogen) atoms. The fourth-order valence-corrected chi connectivity index (χ4v) is 2.76. The Morgan fingerprint density at radius 2 is 1.78 bits per heavy atom. The van der Waals surface area contributed by atoms with Crippen LogP contribution in [0.15, 0.2) is 45.6 Å². The van der Waals surface area contributed by atoms with Gasteiger partial charge in [-0.15, -0.1) is 12.4 Å². The molecule has 0 unspecified atom stereocenters. The monoisotopic (exact) mass is 389 g/mol. The molecule has 0 amide bonds. The fraction of sp³-hybridized carbons (Fsp3) is 0.200. The zero-order chi connectivity index (χ0) is 18.8. The highest BCUT2D eigenvalue weighted by molar-refractivity contribution is 5.89. The van der Waals surface area contributed by atoms with Gasteiger partial charge >= 0.3 is 11.6 Å². The number of methoxy groups -OCH3 is 1. The average Bonchev–Trinajstić information content (AvgIpc) is 2.65. The Morgan fingerprint density at radius 3 is 2.41 bits per heavy atom. The van der Waals surface area contributed by atoms with Gasteiger partial charge in [-0.05, 0) is 55.8 Å². The van der Waals surface area contributed by atoms with Crippen LogP contribution in [0.4, 0.5) is 5.69 Å². The first kappa shape index (κ1) is 20.3. The van der Waals surface area contributed by atoms with Gasteiger partial charge in [-0.25, -0.2) is 9.59 Å². The molecule has 1 aromatic heterocycles. The van der Waals surface area contributed by atoms with Crippen LogP contribution in [-0.4, -0.2) is 18.2 Å². The van der Waals surface area contributed by atoms with E-state index in [4.69, 9.17) is 4.42 Å². The van der Waals surface area contributed by atoms with Crippen molar-refractivity contribution in [3.05, 3.63) is 69.1 Å². The van der Waals surface area contributed by atoms with Crippen LogP contribution in [0, 0.1) is 13.8 Å². The van der Waals surface area contributed by atoms with Gasteiger partial charge in [0.25, 0.3) is 0 Å². The summed E-state index contributed by atoms with van der Waals surface area (Å²) in [5, 5.41) is 14.2. The molecule has 2 aromatic carbocycles. The van der Waals surface area contributed by atoms with Crippen molar-refractivity contribution in [1.29, 1.82) is 0 Å². The molecule has 0 bridgehead atoms. The summed E-state index contributed by atoms with van der Waals surface area (Å²) in [5.41, 5.74) is 3.05. The number of carbonyl (C=O) groups excluding carboxylic acids is 1. The Balaban J connectivity index is 0.00000261. The van der Waals surface area contributed by atoms with Crippen molar-refractivity contribution in [2.24, 2.45) is 0 Å². The number of rotatable bonds is 4. The normalized spacial score (nSPS) is 10.3. The maximum Gasteiger partial charge on any atom is 0.339 e. The largest absolute Gasteiger partial charge is 0.507 e. The average molecular weight is 390 g/mol. The predicted molar refractivity (Wildman–Crippen MR) is 106 cm³/mol. The van der Waals surface area contributed by atoms with Gasteiger partial charge in [0.15, 0.2) is 0 Å². The Morgan fingerprint density at radius 1 is 1.11 bits per heavy atom. The number of esters is 1. The SMILES string of the molecule is COC(=O)c1ccc(NCc2c(O)ccc3c(C)c(C)c(=O)oc23)cc1.Cl. The molecule has 0 fully saturated rings. The second-order valence-electron chi connectivity index (χ2n) is 6.00. The molecule has 0 aliphatic heterocycles. The Bertz CT molecular complexity index is 1040. The lowest BCUT2D eigenvalue weighted by Gasteiger charge is -2.12. The highest BCUT2D eigenvalue weighted by atomic mass is 35.5. The molecule has 0 saturated carbocycles. The third-order valence-electron chi connectivity index (χ3n) is 4.48. The molecular formula is C20H20ClNO5. The minimum absolute atomic E-state index is 0. The summed E-state index contributed by atoms with van der Waals surface area (Å²) in [7, 11) is 1.33. The zero-order valence-corrected chi connectivity index (χ0v) is 16.0. The van der Waals surface area contributed by atoms with Crippen LogP contribution in [0.2, 0.25) is 0 Å². The van der Waals surface area contributed by atoms with E-state index >= 15 is 0 Å². The molecule has 7 heteroatoms. The van der Waals surface area contributed by atoms with E-state index in [1.54, 1.807) is 43.3 Å². The maximum atomic E-state index is 12.0. The zero-order valence-electron chi connectivity index (χ0n) is 15.2. The van der Waals surface area contributed by atoms with Crippen molar-refractivity contribution < 1.29 is 19.1 Å². The van der Waals surface area contributed by atoms with E-state index in [0.29, 0.717) is 22.3 Å². The molecule has 1 heterocycles. The van der Waals surface area contributed by atoms with E-state index in [1.165, 1.54) is 7.11 Å². The molecule has 0 atom stereocenters. The van der Waals surface area contributed by atoms with E-state index < -0.39 is 11.6 Å². The summed E-state index contributed by atoms with van der Waals surface area (Å²) >= 11 is 0. The first-order valence-corrected chi connectivity index (χ1v) is 8.09. The summed E-state index contributed by atoms with van der Waals surface area (Å²) in [4.78, 5) is 23.5. The highest BCUT2D eigenvalue weighted by Gasteiger charge is 2.14. The van der Waals surface area contributed by atoms with Crippen molar-refractivity contribution >= 4 is 35.0 Å². The van der Waals surface area contributed by atoms with Gasteiger partial charge in [0.2, 0.25) is 0 Å². The number of benzene rings is 2. The van der Waals surface area contributed by atoms with Crippen molar-refractivity contribution in [3.8, 4) is 5.75 Å². The van der Waals surface area contributed by atoms with Crippen molar-refractivity contribution in [2.45, 2.75) is 20.4 Å². The van der Waals surface area contributed by atoms with Crippen LogP contribution in [-0.2, 0) is 11.3 Å². The first-order valence-electron chi connectivity index (χ1n) is 8.09. The quantitative estimate of drug-likeness (QED) is 0.519. The second-order valence-corrected chi connectivity index (χ2v) is 6.00. The highest BCUT2D eigenvalue weighted by Crippen LogP contribution is 2.29. The van der Waals surface area contributed by atoms with Crippen LogP contribution < -0.4 is 10.9 Å². The van der Waals surface area contributed by atoms with Crippen molar-refractivity contribution in [1.82, 2.24) is 0 Å². The van der Waals surface area contributed by atoms with Crippen molar-refractivity contribution in [3.63, 3.8) is 0 Å². The molecule has 2 N–H and O–H groups in total. The van der Waals surface area contributed by atoms with Gasteiger partial charge in [0.1, 0.15) is 11.3 Å². The number of fused-ring (bicyclic) bond motifs is 1. The molecule has 0 saturated heterocycles. The van der Waals surface area contributed by atoms with Gasteiger partial charge < -0.3 is 19.6 Å². The molecular weight excluding hydrogens is 370 g/mol. The molecule has 0 radical (unpaired) electrons. The number of nitrogens with one attached hydrogen (secondary N) is 1. The smallest absolute Gasteiger partial charge is 0.339 e. The Labute approximate surface area is 162 Å². The molecule has 142 valence electrons. The van der Waals surface area contributed by atoms with E-state index in [-0.39, 0.29) is 24.7 Å². The third-order valence-corrected chi connectivity index (χ3v) is 4.48. The van der Waals surface area contributed by atoms with Crippen LogP contribution in [0.5, 0.6) is 5.75 Å². The lowest BCUT2D eigenvalue weighted by atomic mass is 10.0. The van der Waals surface area contributed by atoms with Gasteiger partial charge in [-0.2, -0.15) is 0 Å². The van der Waals surface area contributed by atoms with E-state index in [2.05, 4.69) is 10.1 Å². The first-order chi connectivity index (χ1) is 12.4. The summed E-state index contributed by atoms with van der Waals surface area (Å²) < 4.78 is 10.1. The maximum absolute atomic E-state index is 12.0. The number of hydrogen-bond acceptors (Lipinski definition) is 6. The Hall–Kier alpha value is -2.99. The standard InChI is InChI=1S/C20H19NO5.ClH/c1-11-12(2)19(23)26-18-15(11)8-9-17(22)16(18)10-21-14-6-4-13(5-7-14)20(24)25-3;/h4-9,21-22H,10H2,1-3H3;1H. The summed E-state index contributed by atoms with van der Waals surface area (Å²) in [6.07, 6.45) is 0. The molecule has 0 spiro atoms. The molecule has 6 nitrogen and oxygen atoms in total. The Kier molecular flexibility index (Phi) is 6.13. The molecule has 3 rings (SSSR count). The second kappa shape index (κ2) is 8.14. The van der Waals surface area contributed by atoms with Gasteiger partial charge in [0.05, 0.1) is 18.2 Å². The lowest BCUT2D eigenvalue weighted by molar-refractivity contribution is 0.0601. The van der Waals surface area contributed by atoms with Crippen molar-refractivity contribution in [2.75, 3.05) is 12.4 Å². The fourth-order valence-electron chi connectivity index (χ4n) is 2.76. The number of phenolic OH excluding ortho intramolecular Hbond substituents is 1. The third kappa shape index (κ3) is 3.90. The predicted octanol–water partition coefficient (Wildman–Crippen LogP) is 3.94. The molecule has 0 aliphatic carbocycles.